The Kier molecular flexibility index (Phi) is 3.75. The van der Waals surface area contributed by atoms with Gasteiger partial charge in [0.1, 0.15) is 0 Å². The van der Waals surface area contributed by atoms with E-state index < -0.39 is 11.7 Å². The molecule has 0 radical (unpaired) electrons. The zero-order valence-corrected chi connectivity index (χ0v) is 7.72. The molecule has 0 saturated carbocycles. The standard InChI is InChI=1S/C10H13F3O/c11-10(12,13)9-5-1-3-8(7-9)4-2-6-14/h1,3,5,8,14H,2,4,6-7H2. The SMILES string of the molecule is OCCCC1C=CC=C(C(F)(F)F)C1. The monoisotopic (exact) mass is 206 g/mol. The van der Waals surface area contributed by atoms with E-state index in [9.17, 15) is 13.2 Å². The van der Waals surface area contributed by atoms with Gasteiger partial charge in [0.25, 0.3) is 0 Å². The topological polar surface area (TPSA) is 20.2 Å². The highest BCUT2D eigenvalue weighted by Gasteiger charge is 2.34. The van der Waals surface area contributed by atoms with Crippen LogP contribution < -0.4 is 0 Å². The Hall–Kier alpha value is -0.770. The number of halogens is 3. The molecule has 0 saturated heterocycles. The number of allylic oxidation sites excluding steroid dienone is 4. The third-order valence-electron chi connectivity index (χ3n) is 2.26. The Balaban J connectivity index is 2.51. The predicted octanol–water partition coefficient (Wildman–Crippen LogP) is 2.82. The minimum atomic E-state index is -4.21. The molecule has 1 unspecified atom stereocenters. The third-order valence-corrected chi connectivity index (χ3v) is 2.26. The summed E-state index contributed by atoms with van der Waals surface area (Å²) in [7, 11) is 0. The Morgan fingerprint density at radius 2 is 2.14 bits per heavy atom. The molecule has 4 heteroatoms. The number of hydrogen-bond acceptors (Lipinski definition) is 1. The maximum Gasteiger partial charge on any atom is 0.412 e. The van der Waals surface area contributed by atoms with Crippen LogP contribution in [-0.4, -0.2) is 17.9 Å². The van der Waals surface area contributed by atoms with Gasteiger partial charge in [0.2, 0.25) is 0 Å². The summed E-state index contributed by atoms with van der Waals surface area (Å²) in [6, 6.07) is 0. The van der Waals surface area contributed by atoms with Gasteiger partial charge in [0.05, 0.1) is 0 Å². The molecule has 80 valence electrons. The maximum absolute atomic E-state index is 12.3. The van der Waals surface area contributed by atoms with E-state index in [1.54, 1.807) is 6.08 Å². The van der Waals surface area contributed by atoms with Crippen molar-refractivity contribution in [1.29, 1.82) is 0 Å². The molecule has 1 aliphatic carbocycles. The summed E-state index contributed by atoms with van der Waals surface area (Å²) < 4.78 is 36.9. The Bertz CT molecular complexity index is 240. The Morgan fingerprint density at radius 3 is 2.71 bits per heavy atom. The molecule has 1 N–H and O–H groups in total. The highest BCUT2D eigenvalue weighted by molar-refractivity contribution is 5.23. The van der Waals surface area contributed by atoms with E-state index in [-0.39, 0.29) is 18.9 Å². The van der Waals surface area contributed by atoms with Crippen LogP contribution in [0.2, 0.25) is 0 Å². The second-order valence-electron chi connectivity index (χ2n) is 3.40. The smallest absolute Gasteiger partial charge is 0.396 e. The summed E-state index contributed by atoms with van der Waals surface area (Å²) in [4.78, 5) is 0. The van der Waals surface area contributed by atoms with Crippen molar-refractivity contribution in [3.63, 3.8) is 0 Å². The molecule has 14 heavy (non-hydrogen) atoms. The van der Waals surface area contributed by atoms with E-state index >= 15 is 0 Å². The largest absolute Gasteiger partial charge is 0.412 e. The van der Waals surface area contributed by atoms with Gasteiger partial charge in [-0.2, -0.15) is 13.2 Å². The average Bonchev–Trinajstić information content (AvgIpc) is 2.14. The molecular formula is C10H13F3O. The van der Waals surface area contributed by atoms with Crippen LogP contribution in [0.25, 0.3) is 0 Å². The fourth-order valence-corrected chi connectivity index (χ4v) is 1.51. The van der Waals surface area contributed by atoms with Crippen molar-refractivity contribution >= 4 is 0 Å². The van der Waals surface area contributed by atoms with Gasteiger partial charge in [-0.1, -0.05) is 18.2 Å². The van der Waals surface area contributed by atoms with Crippen LogP contribution in [0.1, 0.15) is 19.3 Å². The summed E-state index contributed by atoms with van der Waals surface area (Å²) in [5, 5.41) is 8.56. The molecule has 0 aromatic rings. The summed E-state index contributed by atoms with van der Waals surface area (Å²) in [5.74, 6) is -0.0798. The lowest BCUT2D eigenvalue weighted by Gasteiger charge is -2.19. The Morgan fingerprint density at radius 1 is 1.43 bits per heavy atom. The van der Waals surface area contributed by atoms with E-state index in [4.69, 9.17) is 5.11 Å². The fourth-order valence-electron chi connectivity index (χ4n) is 1.51. The van der Waals surface area contributed by atoms with Crippen molar-refractivity contribution < 1.29 is 18.3 Å². The molecule has 0 aliphatic heterocycles. The van der Waals surface area contributed by atoms with Gasteiger partial charge in [-0.05, 0) is 25.2 Å². The number of aliphatic hydroxyl groups is 1. The molecule has 0 spiro atoms. The minimum absolute atomic E-state index is 0.0371. The van der Waals surface area contributed by atoms with Crippen LogP contribution >= 0.6 is 0 Å². The average molecular weight is 206 g/mol. The number of aliphatic hydroxyl groups excluding tert-OH is 1. The van der Waals surface area contributed by atoms with Gasteiger partial charge in [-0.25, -0.2) is 0 Å². The molecule has 0 heterocycles. The summed E-state index contributed by atoms with van der Waals surface area (Å²) >= 11 is 0. The van der Waals surface area contributed by atoms with E-state index in [1.165, 1.54) is 6.08 Å². The molecule has 0 bridgehead atoms. The van der Waals surface area contributed by atoms with Gasteiger partial charge < -0.3 is 5.11 Å². The van der Waals surface area contributed by atoms with E-state index in [2.05, 4.69) is 0 Å². The van der Waals surface area contributed by atoms with E-state index in [0.29, 0.717) is 12.8 Å². The summed E-state index contributed by atoms with van der Waals surface area (Å²) in [6.45, 7) is 0.0371. The van der Waals surface area contributed by atoms with E-state index in [0.717, 1.165) is 6.08 Å². The zero-order valence-electron chi connectivity index (χ0n) is 7.72. The second kappa shape index (κ2) is 4.64. The van der Waals surface area contributed by atoms with Gasteiger partial charge >= 0.3 is 6.18 Å². The van der Waals surface area contributed by atoms with Crippen molar-refractivity contribution in [3.8, 4) is 0 Å². The first-order valence-electron chi connectivity index (χ1n) is 4.59. The van der Waals surface area contributed by atoms with Crippen molar-refractivity contribution in [2.75, 3.05) is 6.61 Å². The first-order chi connectivity index (χ1) is 6.54. The van der Waals surface area contributed by atoms with Crippen LogP contribution in [-0.2, 0) is 0 Å². The zero-order chi connectivity index (χ0) is 10.6. The highest BCUT2D eigenvalue weighted by Crippen LogP contribution is 2.34. The molecule has 1 atom stereocenters. The number of rotatable bonds is 3. The summed E-state index contributed by atoms with van der Waals surface area (Å²) in [6.07, 6.45) is 1.34. The second-order valence-corrected chi connectivity index (χ2v) is 3.40. The van der Waals surface area contributed by atoms with Crippen molar-refractivity contribution in [2.24, 2.45) is 5.92 Å². The molecule has 0 aromatic carbocycles. The molecule has 1 aliphatic rings. The third kappa shape index (κ3) is 3.18. The van der Waals surface area contributed by atoms with Crippen LogP contribution in [0.3, 0.4) is 0 Å². The molecule has 1 nitrogen and oxygen atoms in total. The molecule has 0 amide bonds. The molecule has 0 fully saturated rings. The van der Waals surface area contributed by atoms with Crippen molar-refractivity contribution in [1.82, 2.24) is 0 Å². The van der Waals surface area contributed by atoms with Crippen LogP contribution in [0.5, 0.6) is 0 Å². The highest BCUT2D eigenvalue weighted by atomic mass is 19.4. The van der Waals surface area contributed by atoms with Gasteiger partial charge in [0, 0.05) is 12.2 Å². The maximum atomic E-state index is 12.3. The molecule has 0 aromatic heterocycles. The van der Waals surface area contributed by atoms with Gasteiger partial charge in [0.15, 0.2) is 0 Å². The molecular weight excluding hydrogens is 193 g/mol. The normalized spacial score (nSPS) is 22.3. The predicted molar refractivity (Wildman–Crippen MR) is 47.7 cm³/mol. The van der Waals surface area contributed by atoms with Crippen molar-refractivity contribution in [2.45, 2.75) is 25.4 Å². The van der Waals surface area contributed by atoms with E-state index in [1.807, 2.05) is 0 Å². The van der Waals surface area contributed by atoms with Gasteiger partial charge in [-0.3, -0.25) is 0 Å². The number of hydrogen-bond donors (Lipinski definition) is 1. The first-order valence-corrected chi connectivity index (χ1v) is 4.59. The van der Waals surface area contributed by atoms with Crippen LogP contribution in [0.4, 0.5) is 13.2 Å². The van der Waals surface area contributed by atoms with Crippen LogP contribution in [0, 0.1) is 5.92 Å². The lowest BCUT2D eigenvalue weighted by atomic mass is 9.90. The quantitative estimate of drug-likeness (QED) is 0.752. The lowest BCUT2D eigenvalue weighted by Crippen LogP contribution is -2.16. The first kappa shape index (κ1) is 11.3. The minimum Gasteiger partial charge on any atom is -0.396 e. The Labute approximate surface area is 80.9 Å². The van der Waals surface area contributed by atoms with Crippen LogP contribution in [0.15, 0.2) is 23.8 Å². The van der Waals surface area contributed by atoms with Gasteiger partial charge in [-0.15, -0.1) is 0 Å². The lowest BCUT2D eigenvalue weighted by molar-refractivity contribution is -0.0951. The fraction of sp³-hybridized carbons (Fsp3) is 0.600. The van der Waals surface area contributed by atoms with Crippen molar-refractivity contribution in [3.05, 3.63) is 23.8 Å². The molecule has 1 rings (SSSR count). The number of alkyl halides is 3. The summed E-state index contributed by atoms with van der Waals surface area (Å²) in [5.41, 5.74) is -0.470.